The first-order valence-electron chi connectivity index (χ1n) is 21.4. The summed E-state index contributed by atoms with van der Waals surface area (Å²) in [7, 11) is 1.80. The van der Waals surface area contributed by atoms with E-state index in [-0.39, 0.29) is 0 Å². The Balaban J connectivity index is 1.12. The number of hydrogen-bond donors (Lipinski definition) is 0. The normalized spacial score (nSPS) is 12.8. The van der Waals surface area contributed by atoms with E-state index in [0.717, 1.165) is 11.3 Å². The molecule has 0 spiro atoms. The Kier molecular flexibility index (Phi) is 5.85. The summed E-state index contributed by atoms with van der Waals surface area (Å²) in [5.74, 6) is 0.889. The van der Waals surface area contributed by atoms with Crippen LogP contribution in [0.1, 0.15) is 5.56 Å². The number of benzene rings is 12. The summed E-state index contributed by atoms with van der Waals surface area (Å²) in [6.07, 6.45) is 0. The average molecular weight is 771 g/mol. The Bertz CT molecular complexity index is 4240. The zero-order valence-corrected chi connectivity index (χ0v) is 33.6. The van der Waals surface area contributed by atoms with Crippen LogP contribution in [0.5, 0.6) is 5.75 Å². The molecule has 0 fully saturated rings. The highest BCUT2D eigenvalue weighted by Crippen LogP contribution is 2.58. The fraction of sp³-hybridized carbons (Fsp3) is 0.0333. The van der Waals surface area contributed by atoms with Crippen LogP contribution >= 0.6 is 0 Å². The molecule has 1 aliphatic rings. The summed E-state index contributed by atoms with van der Waals surface area (Å²) in [5.41, 5.74) is 11.6. The molecule has 0 N–H and O–H groups in total. The zero-order valence-electron chi connectivity index (χ0n) is 33.6. The first kappa shape index (κ1) is 32.2. The van der Waals surface area contributed by atoms with E-state index < -0.39 is 0 Å². The van der Waals surface area contributed by atoms with E-state index in [4.69, 9.17) is 4.74 Å². The molecule has 0 saturated heterocycles. The highest BCUT2D eigenvalue weighted by atomic mass is 16.5. The van der Waals surface area contributed by atoms with Gasteiger partial charge in [0.25, 0.3) is 0 Å². The Morgan fingerprint density at radius 1 is 0.295 bits per heavy atom. The fourth-order valence-corrected chi connectivity index (χ4v) is 12.3. The topological polar surface area (TPSA) is 9.23 Å². The van der Waals surface area contributed by atoms with Gasteiger partial charge in [-0.15, -0.1) is 0 Å². The lowest BCUT2D eigenvalue weighted by Gasteiger charge is -2.16. The van der Waals surface area contributed by atoms with Gasteiger partial charge in [0, 0.05) is 11.1 Å². The maximum atomic E-state index is 6.20. The van der Waals surface area contributed by atoms with Crippen LogP contribution in [0.4, 0.5) is 0 Å². The van der Waals surface area contributed by atoms with Crippen LogP contribution in [-0.2, 0) is 0 Å². The summed E-state index contributed by atoms with van der Waals surface area (Å²) >= 11 is 0. The van der Waals surface area contributed by atoms with E-state index >= 15 is 0 Å². The standard InChI is InChI=1S/C60H34O/c1-31-11-3-5-13-34(31)33-19-20-36-39-21-22-40-42-25-27-46-56-47(28-26-43(54(42)56)41-23-24-44(48(36)29-33)52(39)53(40)41)59-57-38-16-8-7-15-37(38)51-35-14-6-4-12-32(35)30-49(60(51)57)55(58(46)59)45-17-9-10-18-50(45)61-2/h3-30H,1-2H3. The molecule has 14 aromatic rings. The molecular formula is C60H34O. The van der Waals surface area contributed by atoms with Crippen molar-refractivity contribution in [3.8, 4) is 50.3 Å². The van der Waals surface area contributed by atoms with Crippen LogP contribution in [0.15, 0.2) is 170 Å². The van der Waals surface area contributed by atoms with Gasteiger partial charge in [0.15, 0.2) is 0 Å². The molecule has 14 aromatic carbocycles. The fourth-order valence-electron chi connectivity index (χ4n) is 12.3. The third kappa shape index (κ3) is 3.76. The molecule has 0 aromatic heterocycles. The molecule has 0 unspecified atom stereocenters. The van der Waals surface area contributed by atoms with Crippen molar-refractivity contribution in [2.75, 3.05) is 7.11 Å². The predicted molar refractivity (Wildman–Crippen MR) is 262 cm³/mol. The van der Waals surface area contributed by atoms with Gasteiger partial charge in [0.2, 0.25) is 0 Å². The predicted octanol–water partition coefficient (Wildman–Crippen LogP) is 16.8. The molecule has 0 amide bonds. The van der Waals surface area contributed by atoms with Crippen molar-refractivity contribution in [2.24, 2.45) is 0 Å². The zero-order chi connectivity index (χ0) is 39.8. The maximum absolute atomic E-state index is 6.20. The van der Waals surface area contributed by atoms with Crippen LogP contribution in [0.25, 0.3) is 152 Å². The van der Waals surface area contributed by atoms with Crippen molar-refractivity contribution >= 4 is 108 Å². The molecule has 0 aliphatic heterocycles. The van der Waals surface area contributed by atoms with Crippen molar-refractivity contribution in [1.29, 1.82) is 0 Å². The molecule has 0 atom stereocenters. The van der Waals surface area contributed by atoms with Gasteiger partial charge in [-0.3, -0.25) is 0 Å². The van der Waals surface area contributed by atoms with Gasteiger partial charge in [-0.25, -0.2) is 0 Å². The molecule has 1 aliphatic carbocycles. The minimum absolute atomic E-state index is 0.889. The van der Waals surface area contributed by atoms with Crippen LogP contribution < -0.4 is 4.74 Å². The quantitative estimate of drug-likeness (QED) is 0.128. The maximum Gasteiger partial charge on any atom is 0.126 e. The summed E-state index contributed by atoms with van der Waals surface area (Å²) in [4.78, 5) is 0. The number of ether oxygens (including phenoxy) is 1. The molecule has 0 heterocycles. The van der Waals surface area contributed by atoms with Gasteiger partial charge >= 0.3 is 0 Å². The second-order valence-electron chi connectivity index (χ2n) is 17.4. The first-order valence-corrected chi connectivity index (χ1v) is 21.4. The van der Waals surface area contributed by atoms with Crippen molar-refractivity contribution in [1.82, 2.24) is 0 Å². The number of hydrogen-bond acceptors (Lipinski definition) is 1. The number of para-hydroxylation sites is 1. The van der Waals surface area contributed by atoms with Crippen LogP contribution in [0.2, 0.25) is 0 Å². The smallest absolute Gasteiger partial charge is 0.126 e. The molecule has 0 bridgehead atoms. The summed E-state index contributed by atoms with van der Waals surface area (Å²) in [6, 6.07) is 64.3. The van der Waals surface area contributed by atoms with Crippen LogP contribution in [0, 0.1) is 6.92 Å². The van der Waals surface area contributed by atoms with Crippen molar-refractivity contribution in [3.63, 3.8) is 0 Å². The van der Waals surface area contributed by atoms with E-state index in [1.165, 1.54) is 152 Å². The third-order valence-corrected chi connectivity index (χ3v) is 14.7. The number of fused-ring (bicyclic) bond motifs is 14. The van der Waals surface area contributed by atoms with E-state index in [2.05, 4.69) is 177 Å². The molecular weight excluding hydrogens is 737 g/mol. The highest BCUT2D eigenvalue weighted by Gasteiger charge is 2.30. The second kappa shape index (κ2) is 11.1. The van der Waals surface area contributed by atoms with Crippen molar-refractivity contribution in [2.45, 2.75) is 6.92 Å². The lowest BCUT2D eigenvalue weighted by atomic mass is 9.87. The molecule has 0 saturated carbocycles. The molecule has 15 rings (SSSR count). The lowest BCUT2D eigenvalue weighted by molar-refractivity contribution is 0.416. The van der Waals surface area contributed by atoms with Gasteiger partial charge < -0.3 is 4.74 Å². The van der Waals surface area contributed by atoms with E-state index in [9.17, 15) is 0 Å². The van der Waals surface area contributed by atoms with Crippen molar-refractivity contribution < 1.29 is 4.74 Å². The Morgan fingerprint density at radius 2 is 0.787 bits per heavy atom. The lowest BCUT2D eigenvalue weighted by Crippen LogP contribution is -1.91. The largest absolute Gasteiger partial charge is 0.496 e. The van der Waals surface area contributed by atoms with Gasteiger partial charge in [0.1, 0.15) is 5.75 Å². The molecule has 0 radical (unpaired) electrons. The molecule has 61 heavy (non-hydrogen) atoms. The minimum Gasteiger partial charge on any atom is -0.496 e. The van der Waals surface area contributed by atoms with Crippen LogP contribution in [-0.4, -0.2) is 7.11 Å². The summed E-state index contributed by atoms with van der Waals surface area (Å²) in [5, 5.41) is 26.5. The monoisotopic (exact) mass is 770 g/mol. The number of methoxy groups -OCH3 is 1. The number of rotatable bonds is 3. The Morgan fingerprint density at radius 3 is 1.54 bits per heavy atom. The summed E-state index contributed by atoms with van der Waals surface area (Å²) < 4.78 is 6.20. The van der Waals surface area contributed by atoms with E-state index in [0.29, 0.717) is 0 Å². The average Bonchev–Trinajstić information content (AvgIpc) is 3.95. The van der Waals surface area contributed by atoms with Gasteiger partial charge in [0.05, 0.1) is 7.11 Å². The van der Waals surface area contributed by atoms with Gasteiger partial charge in [-0.2, -0.15) is 0 Å². The van der Waals surface area contributed by atoms with Crippen LogP contribution in [0.3, 0.4) is 0 Å². The van der Waals surface area contributed by atoms with Gasteiger partial charge in [-0.05, 0) is 172 Å². The number of aryl methyl sites for hydroxylation is 1. The molecule has 1 nitrogen and oxygen atoms in total. The Labute approximate surface area is 350 Å². The SMILES string of the molecule is COc1ccccc1-c1c2cc3ccccc3c3c4ccccc4c(c4c5ccc6c7ccc8c9c(ccc(c%10ccc(c14)c5c%106)c97)-c1ccc(-c4ccccc4C)cc1-8)c23. The van der Waals surface area contributed by atoms with E-state index in [1.807, 2.05) is 0 Å². The third-order valence-electron chi connectivity index (χ3n) is 14.7. The van der Waals surface area contributed by atoms with Crippen molar-refractivity contribution in [3.05, 3.63) is 175 Å². The summed E-state index contributed by atoms with van der Waals surface area (Å²) in [6.45, 7) is 2.21. The minimum atomic E-state index is 0.889. The van der Waals surface area contributed by atoms with Gasteiger partial charge in [-0.1, -0.05) is 152 Å². The highest BCUT2D eigenvalue weighted by molar-refractivity contribution is 6.52. The molecule has 1 heteroatoms. The van der Waals surface area contributed by atoms with E-state index in [1.54, 1.807) is 7.11 Å². The second-order valence-corrected chi connectivity index (χ2v) is 17.4. The molecule has 280 valence electrons. The first-order chi connectivity index (χ1) is 30.2. The Hall–Kier alpha value is -7.74.